The van der Waals surface area contributed by atoms with Gasteiger partial charge in [0, 0.05) is 29.1 Å². The highest BCUT2D eigenvalue weighted by Gasteiger charge is 2.39. The highest BCUT2D eigenvalue weighted by molar-refractivity contribution is 6.08. The predicted molar refractivity (Wildman–Crippen MR) is 158 cm³/mol. The van der Waals surface area contributed by atoms with E-state index < -0.39 is 28.9 Å². The Labute approximate surface area is 242 Å². The Morgan fingerprint density at radius 2 is 1.59 bits per heavy atom. The molecule has 0 saturated heterocycles. The van der Waals surface area contributed by atoms with Gasteiger partial charge in [0.25, 0.3) is 5.91 Å². The van der Waals surface area contributed by atoms with Crippen LogP contribution >= 0.6 is 0 Å². The van der Waals surface area contributed by atoms with Gasteiger partial charge in [0.15, 0.2) is 5.78 Å². The predicted octanol–water partition coefficient (Wildman–Crippen LogP) is 4.01. The van der Waals surface area contributed by atoms with Gasteiger partial charge >= 0.3 is 6.03 Å². The van der Waals surface area contributed by atoms with Gasteiger partial charge in [-0.3, -0.25) is 9.59 Å². The average Bonchev–Trinajstić information content (AvgIpc) is 3.03. The highest BCUT2D eigenvalue weighted by Crippen LogP contribution is 2.37. The molecule has 2 N–H and O–H groups in total. The number of hydrogen-bond acceptors (Lipinski definition) is 6. The second-order valence-corrected chi connectivity index (χ2v) is 12.7. The maximum Gasteiger partial charge on any atom is 0.319 e. The molecule has 9 heteroatoms. The van der Waals surface area contributed by atoms with Crippen LogP contribution in [0.2, 0.25) is 0 Å². The summed E-state index contributed by atoms with van der Waals surface area (Å²) in [4.78, 5) is 55.9. The Morgan fingerprint density at radius 3 is 2.22 bits per heavy atom. The molecule has 4 rings (SSSR count). The Kier molecular flexibility index (Phi) is 8.75. The lowest BCUT2D eigenvalue weighted by Gasteiger charge is -2.37. The first-order valence-electron chi connectivity index (χ1n) is 14.4. The topological polar surface area (TPSA) is 122 Å². The van der Waals surface area contributed by atoms with Crippen molar-refractivity contribution in [1.29, 1.82) is 0 Å². The molecular weight excluding hydrogens is 520 g/mol. The number of carbonyl (C=O) groups excluding carboxylic acids is 4. The number of aliphatic carboxylic acids is 1. The van der Waals surface area contributed by atoms with E-state index in [1.54, 1.807) is 24.3 Å². The molecule has 41 heavy (non-hydrogen) atoms. The number of para-hydroxylation sites is 2. The maximum absolute atomic E-state index is 14.1. The summed E-state index contributed by atoms with van der Waals surface area (Å²) in [5.74, 6) is -1.66. The first-order chi connectivity index (χ1) is 19.3. The summed E-state index contributed by atoms with van der Waals surface area (Å²) in [6, 6.07) is 12.9. The molecule has 0 radical (unpaired) electrons. The van der Waals surface area contributed by atoms with Crippen LogP contribution in [0.4, 0.5) is 21.9 Å². The number of amides is 3. The minimum atomic E-state index is -1.25. The summed E-state index contributed by atoms with van der Waals surface area (Å²) >= 11 is 0. The second kappa shape index (κ2) is 11.9. The average molecular weight is 562 g/mol. The molecule has 2 aromatic carbocycles. The summed E-state index contributed by atoms with van der Waals surface area (Å²) in [6.45, 7) is 8.74. The number of nitrogens with zero attached hydrogens (tertiary/aromatic N) is 2. The van der Waals surface area contributed by atoms with Crippen molar-refractivity contribution in [2.45, 2.75) is 84.2 Å². The Hall–Kier alpha value is -3.88. The van der Waals surface area contributed by atoms with E-state index in [2.05, 4.69) is 15.5 Å². The van der Waals surface area contributed by atoms with Gasteiger partial charge in [-0.05, 0) is 42.7 Å². The number of ketones is 1. The molecule has 1 atom stereocenters. The number of hydrogen-bond donors (Lipinski definition) is 2. The quantitative estimate of drug-likeness (QED) is 0.527. The van der Waals surface area contributed by atoms with Crippen LogP contribution in [0.5, 0.6) is 0 Å². The van der Waals surface area contributed by atoms with Gasteiger partial charge < -0.3 is 30.3 Å². The van der Waals surface area contributed by atoms with Crippen LogP contribution in [0, 0.1) is 5.41 Å². The smallest absolute Gasteiger partial charge is 0.319 e. The van der Waals surface area contributed by atoms with E-state index in [1.807, 2.05) is 45.0 Å². The van der Waals surface area contributed by atoms with Crippen molar-refractivity contribution in [2.24, 2.45) is 5.41 Å². The largest absolute Gasteiger partial charge is 0.549 e. The Balaban J connectivity index is 1.64. The number of benzene rings is 2. The van der Waals surface area contributed by atoms with Crippen molar-refractivity contribution in [3.8, 4) is 0 Å². The summed E-state index contributed by atoms with van der Waals surface area (Å²) < 4.78 is 0. The van der Waals surface area contributed by atoms with Gasteiger partial charge in [0.1, 0.15) is 6.04 Å². The molecule has 2 aliphatic rings. The monoisotopic (exact) mass is 561 g/mol. The van der Waals surface area contributed by atoms with Crippen LogP contribution in [0.15, 0.2) is 48.5 Å². The van der Waals surface area contributed by atoms with Crippen molar-refractivity contribution in [2.75, 3.05) is 28.2 Å². The molecule has 0 aromatic heterocycles. The lowest BCUT2D eigenvalue weighted by molar-refractivity contribution is -0.312. The number of anilines is 3. The summed E-state index contributed by atoms with van der Waals surface area (Å²) in [6.07, 6.45) is 5.35. The van der Waals surface area contributed by atoms with Crippen LogP contribution in [0.25, 0.3) is 0 Å². The molecule has 1 fully saturated rings. The molecule has 220 valence electrons. The van der Waals surface area contributed by atoms with Gasteiger partial charge in [-0.1, -0.05) is 78.1 Å². The lowest BCUT2D eigenvalue weighted by atomic mass is 9.84. The fourth-order valence-corrected chi connectivity index (χ4v) is 5.43. The Bertz CT molecular complexity index is 1310. The van der Waals surface area contributed by atoms with Gasteiger partial charge in [-0.25, -0.2) is 4.79 Å². The van der Waals surface area contributed by atoms with E-state index in [1.165, 1.54) is 25.2 Å². The molecular formula is C32H41N4O5-. The summed E-state index contributed by atoms with van der Waals surface area (Å²) in [7, 11) is 0. The maximum atomic E-state index is 14.1. The zero-order valence-corrected chi connectivity index (χ0v) is 24.7. The minimum absolute atomic E-state index is 0.0812. The third kappa shape index (κ3) is 6.72. The van der Waals surface area contributed by atoms with E-state index in [-0.39, 0.29) is 30.8 Å². The number of nitrogens with one attached hydrogen (secondary N) is 2. The van der Waals surface area contributed by atoms with Gasteiger partial charge in [-0.15, -0.1) is 0 Å². The lowest BCUT2D eigenvalue weighted by Crippen LogP contribution is -2.55. The van der Waals surface area contributed by atoms with Crippen molar-refractivity contribution in [3.05, 3.63) is 54.1 Å². The number of fused-ring (bicyclic) bond motifs is 1. The number of urea groups is 1. The zero-order chi connectivity index (χ0) is 29.9. The molecule has 0 spiro atoms. The van der Waals surface area contributed by atoms with Crippen molar-refractivity contribution < 1.29 is 24.3 Å². The molecule has 3 amide bonds. The van der Waals surface area contributed by atoms with Crippen LogP contribution in [0.3, 0.4) is 0 Å². The number of rotatable bonds is 7. The van der Waals surface area contributed by atoms with E-state index >= 15 is 0 Å². The van der Waals surface area contributed by atoms with Crippen molar-refractivity contribution in [1.82, 2.24) is 5.32 Å². The fraction of sp³-hybridized carbons (Fsp3) is 0.500. The second-order valence-electron chi connectivity index (χ2n) is 12.7. The molecule has 0 unspecified atom stereocenters. The molecule has 1 aliphatic heterocycles. The normalized spacial score (nSPS) is 18.4. The number of carboxylic acid groups (broad SMARTS) is 1. The van der Waals surface area contributed by atoms with Crippen LogP contribution in [-0.2, 0) is 19.8 Å². The van der Waals surface area contributed by atoms with Gasteiger partial charge in [0.2, 0.25) is 0 Å². The van der Waals surface area contributed by atoms with Crippen molar-refractivity contribution in [3.63, 3.8) is 0 Å². The van der Waals surface area contributed by atoms with E-state index in [0.29, 0.717) is 16.9 Å². The third-order valence-electron chi connectivity index (χ3n) is 8.24. The molecule has 1 heterocycles. The van der Waals surface area contributed by atoms with E-state index in [9.17, 15) is 24.3 Å². The number of Topliss-reactive ketones (excluding diaryl/α,β-unsaturated/α-hetero) is 1. The Morgan fingerprint density at radius 1 is 0.927 bits per heavy atom. The standard InChI is InChI=1S/C32H42N4O5/c1-31(2,3)27(37)20-36-26-17-10-9-16-25(26)35(23-14-7-6-8-15-23)19-24(28(36)38)34-30(41)33-22-13-11-12-21(18-22)32(4,5)29(39)40/h9-13,16-18,23-24H,6-8,14-15,19-20H2,1-5H3,(H,39,40)(H2,33,34,41)/p-1/t24-/m1/s1. The molecule has 2 aromatic rings. The van der Waals surface area contributed by atoms with Crippen LogP contribution in [-0.4, -0.2) is 48.9 Å². The first kappa shape index (κ1) is 30.1. The van der Waals surface area contributed by atoms with Crippen molar-refractivity contribution >= 4 is 40.8 Å². The molecule has 9 nitrogen and oxygen atoms in total. The number of carboxylic acids is 1. The van der Waals surface area contributed by atoms with Crippen LogP contribution < -0.4 is 25.5 Å². The fourth-order valence-electron chi connectivity index (χ4n) is 5.43. The molecule has 1 saturated carbocycles. The summed E-state index contributed by atoms with van der Waals surface area (Å²) in [5.41, 5.74) is 0.528. The van der Waals surface area contributed by atoms with Crippen LogP contribution in [0.1, 0.15) is 72.3 Å². The highest BCUT2D eigenvalue weighted by atomic mass is 16.4. The zero-order valence-electron chi connectivity index (χ0n) is 24.7. The number of carbonyl (C=O) groups is 4. The van der Waals surface area contributed by atoms with Gasteiger partial charge in [-0.2, -0.15) is 0 Å². The SMILES string of the molecule is CC(C)(C)C(=O)CN1C(=O)[C@H](NC(=O)Nc2cccc(C(C)(C)C(=O)[O-])c2)CN(C2CCCCC2)c2ccccc21. The van der Waals surface area contributed by atoms with Gasteiger partial charge in [0.05, 0.1) is 23.9 Å². The van der Waals surface area contributed by atoms with E-state index in [0.717, 1.165) is 31.4 Å². The minimum Gasteiger partial charge on any atom is -0.549 e. The third-order valence-corrected chi connectivity index (χ3v) is 8.24. The first-order valence-corrected chi connectivity index (χ1v) is 14.4. The van der Waals surface area contributed by atoms with E-state index in [4.69, 9.17) is 0 Å². The molecule has 0 bridgehead atoms. The summed E-state index contributed by atoms with van der Waals surface area (Å²) in [5, 5.41) is 17.2. The molecule has 1 aliphatic carbocycles.